The highest BCUT2D eigenvalue weighted by atomic mass is 16.3. The molecule has 0 fully saturated rings. The van der Waals surface area contributed by atoms with Gasteiger partial charge >= 0.3 is 0 Å². The van der Waals surface area contributed by atoms with E-state index in [9.17, 15) is 0 Å². The van der Waals surface area contributed by atoms with Crippen molar-refractivity contribution in [1.29, 1.82) is 0 Å². The number of benzene rings is 1. The summed E-state index contributed by atoms with van der Waals surface area (Å²) < 4.78 is 0. The summed E-state index contributed by atoms with van der Waals surface area (Å²) in [5.41, 5.74) is 1.31. The second kappa shape index (κ2) is 4.15. The third-order valence-electron chi connectivity index (χ3n) is 2.18. The molecule has 0 aliphatic heterocycles. The van der Waals surface area contributed by atoms with Gasteiger partial charge in [-0.05, 0) is 30.0 Å². The number of phenols is 1. The van der Waals surface area contributed by atoms with E-state index in [0.29, 0.717) is 11.7 Å². The summed E-state index contributed by atoms with van der Waals surface area (Å²) in [5.74, 6) is 0.957. The van der Waals surface area contributed by atoms with Gasteiger partial charge < -0.3 is 5.11 Å². The fraction of sp³-hybridized carbons (Fsp3) is 0.455. The van der Waals surface area contributed by atoms with Gasteiger partial charge in [-0.2, -0.15) is 0 Å². The van der Waals surface area contributed by atoms with Crippen LogP contribution in [0.5, 0.6) is 5.75 Å². The molecule has 1 heteroatoms. The molecule has 12 heavy (non-hydrogen) atoms. The third kappa shape index (κ3) is 2.26. The number of hydrogen-bond acceptors (Lipinski definition) is 1. The first kappa shape index (κ1) is 9.11. The molecule has 0 saturated carbocycles. The molecule has 0 radical (unpaired) electrons. The maximum Gasteiger partial charge on any atom is 0.115 e. The van der Waals surface area contributed by atoms with E-state index in [1.807, 2.05) is 12.1 Å². The molecule has 1 atom stereocenters. The molecule has 0 amide bonds. The van der Waals surface area contributed by atoms with Crippen LogP contribution in [0, 0.1) is 0 Å². The fourth-order valence-corrected chi connectivity index (χ4v) is 1.40. The number of phenolic OH excluding ortho intramolecular Hbond substituents is 1. The van der Waals surface area contributed by atoms with E-state index in [0.717, 1.165) is 0 Å². The highest BCUT2D eigenvalue weighted by molar-refractivity contribution is 5.27. The molecular weight excluding hydrogens is 148 g/mol. The lowest BCUT2D eigenvalue weighted by Gasteiger charge is -2.09. The zero-order valence-electron chi connectivity index (χ0n) is 7.75. The van der Waals surface area contributed by atoms with E-state index in [1.165, 1.54) is 18.4 Å². The minimum Gasteiger partial charge on any atom is -0.508 e. The van der Waals surface area contributed by atoms with Crippen molar-refractivity contribution < 1.29 is 5.11 Å². The standard InChI is InChI=1S/C11H16O/c1-3-4-9(2)10-5-7-11(12)8-6-10/h5-9,12H,3-4H2,1-2H3/t9-/m0/s1. The summed E-state index contributed by atoms with van der Waals surface area (Å²) in [6.45, 7) is 4.41. The summed E-state index contributed by atoms with van der Waals surface area (Å²) in [7, 11) is 0. The van der Waals surface area contributed by atoms with E-state index >= 15 is 0 Å². The average molecular weight is 164 g/mol. The first-order valence-corrected chi connectivity index (χ1v) is 4.53. The predicted octanol–water partition coefficient (Wildman–Crippen LogP) is 3.30. The topological polar surface area (TPSA) is 20.2 Å². The molecule has 1 N–H and O–H groups in total. The zero-order chi connectivity index (χ0) is 8.97. The highest BCUT2D eigenvalue weighted by Gasteiger charge is 2.02. The van der Waals surface area contributed by atoms with Gasteiger partial charge in [0.2, 0.25) is 0 Å². The van der Waals surface area contributed by atoms with Crippen molar-refractivity contribution in [3.8, 4) is 5.75 Å². The van der Waals surface area contributed by atoms with Gasteiger partial charge in [0.25, 0.3) is 0 Å². The Hall–Kier alpha value is -0.980. The van der Waals surface area contributed by atoms with Crippen LogP contribution < -0.4 is 0 Å². The van der Waals surface area contributed by atoms with Crippen LogP contribution in [0.4, 0.5) is 0 Å². The minimum absolute atomic E-state index is 0.349. The Morgan fingerprint density at radius 1 is 1.25 bits per heavy atom. The van der Waals surface area contributed by atoms with E-state index in [2.05, 4.69) is 13.8 Å². The SMILES string of the molecule is CCC[C@H](C)c1ccc(O)cc1. The zero-order valence-corrected chi connectivity index (χ0v) is 7.75. The van der Waals surface area contributed by atoms with E-state index in [-0.39, 0.29) is 0 Å². The molecule has 0 aliphatic carbocycles. The van der Waals surface area contributed by atoms with Gasteiger partial charge in [0.1, 0.15) is 5.75 Å². The number of aromatic hydroxyl groups is 1. The maximum absolute atomic E-state index is 9.07. The molecule has 1 nitrogen and oxygen atoms in total. The van der Waals surface area contributed by atoms with Gasteiger partial charge in [-0.3, -0.25) is 0 Å². The van der Waals surface area contributed by atoms with Crippen molar-refractivity contribution in [3.05, 3.63) is 29.8 Å². The Balaban J connectivity index is 2.68. The van der Waals surface area contributed by atoms with Crippen molar-refractivity contribution in [3.63, 3.8) is 0 Å². The normalized spacial score (nSPS) is 12.8. The van der Waals surface area contributed by atoms with E-state index in [4.69, 9.17) is 5.11 Å². The van der Waals surface area contributed by atoms with Gasteiger partial charge in [0.15, 0.2) is 0 Å². The summed E-state index contributed by atoms with van der Waals surface area (Å²) in [4.78, 5) is 0. The molecule has 0 aromatic heterocycles. The molecule has 66 valence electrons. The maximum atomic E-state index is 9.07. The molecule has 1 rings (SSSR count). The Morgan fingerprint density at radius 2 is 1.83 bits per heavy atom. The van der Waals surface area contributed by atoms with Gasteiger partial charge in [0.05, 0.1) is 0 Å². The largest absolute Gasteiger partial charge is 0.508 e. The lowest BCUT2D eigenvalue weighted by Crippen LogP contribution is -1.91. The van der Waals surface area contributed by atoms with Crippen molar-refractivity contribution in [2.24, 2.45) is 0 Å². The quantitative estimate of drug-likeness (QED) is 0.726. The molecule has 0 heterocycles. The molecule has 0 spiro atoms. The fourth-order valence-electron chi connectivity index (χ4n) is 1.40. The van der Waals surface area contributed by atoms with Crippen molar-refractivity contribution in [2.75, 3.05) is 0 Å². The average Bonchev–Trinajstić information content (AvgIpc) is 2.06. The Labute approximate surface area is 74.1 Å². The van der Waals surface area contributed by atoms with E-state index in [1.54, 1.807) is 12.1 Å². The Morgan fingerprint density at radius 3 is 2.33 bits per heavy atom. The Bertz CT molecular complexity index is 225. The van der Waals surface area contributed by atoms with Crippen LogP contribution in [0.25, 0.3) is 0 Å². The molecule has 0 bridgehead atoms. The van der Waals surface area contributed by atoms with Gasteiger partial charge in [-0.1, -0.05) is 32.4 Å². The smallest absolute Gasteiger partial charge is 0.115 e. The molecule has 0 aliphatic rings. The van der Waals surface area contributed by atoms with Crippen LogP contribution in [0.3, 0.4) is 0 Å². The molecular formula is C11H16O. The molecule has 0 unspecified atom stereocenters. The van der Waals surface area contributed by atoms with Crippen LogP contribution in [-0.2, 0) is 0 Å². The summed E-state index contributed by atoms with van der Waals surface area (Å²) in [6.07, 6.45) is 2.42. The Kier molecular flexibility index (Phi) is 3.15. The lowest BCUT2D eigenvalue weighted by atomic mass is 9.97. The van der Waals surface area contributed by atoms with Crippen molar-refractivity contribution in [1.82, 2.24) is 0 Å². The monoisotopic (exact) mass is 164 g/mol. The molecule has 0 saturated heterocycles. The first-order chi connectivity index (χ1) is 5.74. The molecule has 1 aromatic rings. The van der Waals surface area contributed by atoms with Crippen molar-refractivity contribution in [2.45, 2.75) is 32.6 Å². The first-order valence-electron chi connectivity index (χ1n) is 4.53. The lowest BCUT2D eigenvalue weighted by molar-refractivity contribution is 0.475. The van der Waals surface area contributed by atoms with Gasteiger partial charge in [-0.15, -0.1) is 0 Å². The third-order valence-corrected chi connectivity index (χ3v) is 2.18. The minimum atomic E-state index is 0.349. The molecule has 1 aromatic carbocycles. The van der Waals surface area contributed by atoms with Crippen molar-refractivity contribution >= 4 is 0 Å². The summed E-state index contributed by atoms with van der Waals surface area (Å²) in [5, 5.41) is 9.07. The van der Waals surface area contributed by atoms with E-state index < -0.39 is 0 Å². The van der Waals surface area contributed by atoms with Crippen LogP contribution in [0.1, 0.15) is 38.2 Å². The highest BCUT2D eigenvalue weighted by Crippen LogP contribution is 2.21. The van der Waals surface area contributed by atoms with Gasteiger partial charge in [-0.25, -0.2) is 0 Å². The number of hydrogen-bond donors (Lipinski definition) is 1. The second-order valence-electron chi connectivity index (χ2n) is 3.28. The summed E-state index contributed by atoms with van der Waals surface area (Å²) >= 11 is 0. The van der Waals surface area contributed by atoms with Gasteiger partial charge in [0, 0.05) is 0 Å². The predicted molar refractivity (Wildman–Crippen MR) is 51.4 cm³/mol. The van der Waals surface area contributed by atoms with Crippen LogP contribution >= 0.6 is 0 Å². The summed E-state index contributed by atoms with van der Waals surface area (Å²) in [6, 6.07) is 7.49. The second-order valence-corrected chi connectivity index (χ2v) is 3.28. The van der Waals surface area contributed by atoms with Crippen LogP contribution in [0.2, 0.25) is 0 Å². The van der Waals surface area contributed by atoms with Crippen LogP contribution in [-0.4, -0.2) is 5.11 Å². The van der Waals surface area contributed by atoms with Crippen LogP contribution in [0.15, 0.2) is 24.3 Å². The number of rotatable bonds is 3.